The van der Waals surface area contributed by atoms with Gasteiger partial charge in [-0.15, -0.1) is 0 Å². The topological polar surface area (TPSA) is 18.5 Å². The van der Waals surface area contributed by atoms with E-state index < -0.39 is 37.0 Å². The van der Waals surface area contributed by atoms with Crippen molar-refractivity contribution in [1.82, 2.24) is 0 Å². The van der Waals surface area contributed by atoms with Crippen LogP contribution in [0.15, 0.2) is 0 Å². The van der Waals surface area contributed by atoms with Gasteiger partial charge in [0.2, 0.25) is 0 Å². The van der Waals surface area contributed by atoms with Crippen LogP contribution in [0.4, 0.5) is 39.5 Å². The van der Waals surface area contributed by atoms with Crippen LogP contribution in [0.25, 0.3) is 0 Å². The van der Waals surface area contributed by atoms with Crippen molar-refractivity contribution in [2.24, 2.45) is 0 Å². The van der Waals surface area contributed by atoms with Crippen molar-refractivity contribution in [2.75, 3.05) is 19.8 Å². The Morgan fingerprint density at radius 1 is 0.870 bits per heavy atom. The van der Waals surface area contributed by atoms with Gasteiger partial charge in [-0.2, -0.15) is 39.5 Å². The minimum Gasteiger partial charge on any atom is -0.381 e. The Labute approximate surface area is 125 Å². The summed E-state index contributed by atoms with van der Waals surface area (Å²) in [6.07, 6.45) is -7.10. The SMILES string of the molecule is FC(F)(F)C(F)(F)C(F)(F)C(F)(F)CCOCCC1CCCO1. The molecular weight excluding hydrogens is 347 g/mol. The lowest BCUT2D eigenvalue weighted by Crippen LogP contribution is -2.61. The zero-order chi connectivity index (χ0) is 17.9. The van der Waals surface area contributed by atoms with Gasteiger partial charge in [0.25, 0.3) is 0 Å². The van der Waals surface area contributed by atoms with E-state index in [1.807, 2.05) is 0 Å². The van der Waals surface area contributed by atoms with Crippen molar-refractivity contribution in [1.29, 1.82) is 0 Å². The fraction of sp³-hybridized carbons (Fsp3) is 1.00. The summed E-state index contributed by atoms with van der Waals surface area (Å²) in [5, 5.41) is 0. The summed E-state index contributed by atoms with van der Waals surface area (Å²) >= 11 is 0. The van der Waals surface area contributed by atoms with E-state index >= 15 is 0 Å². The van der Waals surface area contributed by atoms with Gasteiger partial charge in [0.05, 0.1) is 12.7 Å². The molecule has 0 N–H and O–H groups in total. The molecule has 138 valence electrons. The van der Waals surface area contributed by atoms with E-state index in [1.165, 1.54) is 0 Å². The molecule has 1 saturated heterocycles. The molecule has 0 aromatic carbocycles. The van der Waals surface area contributed by atoms with Crippen LogP contribution >= 0.6 is 0 Å². The zero-order valence-corrected chi connectivity index (χ0v) is 11.7. The van der Waals surface area contributed by atoms with Crippen LogP contribution < -0.4 is 0 Å². The Kier molecular flexibility index (Phi) is 6.22. The van der Waals surface area contributed by atoms with Gasteiger partial charge in [-0.1, -0.05) is 0 Å². The minimum absolute atomic E-state index is 0.151. The lowest BCUT2D eigenvalue weighted by Gasteiger charge is -2.33. The van der Waals surface area contributed by atoms with Crippen molar-refractivity contribution >= 4 is 0 Å². The summed E-state index contributed by atoms with van der Waals surface area (Å²) in [7, 11) is 0. The molecular formula is C12H15F9O2. The van der Waals surface area contributed by atoms with Crippen molar-refractivity contribution in [3.05, 3.63) is 0 Å². The predicted octanol–water partition coefficient (Wildman–Crippen LogP) is 4.43. The molecule has 0 spiro atoms. The molecule has 1 atom stereocenters. The zero-order valence-electron chi connectivity index (χ0n) is 11.7. The van der Waals surface area contributed by atoms with Crippen LogP contribution in [-0.2, 0) is 9.47 Å². The number of halogens is 9. The molecule has 0 bridgehead atoms. The highest BCUT2D eigenvalue weighted by Crippen LogP contribution is 2.53. The molecule has 0 amide bonds. The molecule has 1 unspecified atom stereocenters. The lowest BCUT2D eigenvalue weighted by atomic mass is 10.0. The minimum atomic E-state index is -6.85. The second-order valence-corrected chi connectivity index (χ2v) is 5.14. The second-order valence-electron chi connectivity index (χ2n) is 5.14. The average Bonchev–Trinajstić information content (AvgIpc) is 2.89. The molecule has 23 heavy (non-hydrogen) atoms. The molecule has 1 heterocycles. The Balaban J connectivity index is 2.49. The maximum Gasteiger partial charge on any atom is 0.460 e. The monoisotopic (exact) mass is 362 g/mol. The van der Waals surface area contributed by atoms with Gasteiger partial charge in [-0.05, 0) is 19.3 Å². The van der Waals surface area contributed by atoms with Crippen LogP contribution in [0, 0.1) is 0 Å². The van der Waals surface area contributed by atoms with E-state index in [4.69, 9.17) is 4.74 Å². The van der Waals surface area contributed by atoms with Crippen LogP contribution in [0.1, 0.15) is 25.7 Å². The summed E-state index contributed by atoms with van der Waals surface area (Å²) in [6, 6.07) is 0. The predicted molar refractivity (Wildman–Crippen MR) is 59.9 cm³/mol. The first-order valence-electron chi connectivity index (χ1n) is 6.72. The molecule has 0 aromatic rings. The molecule has 0 aromatic heterocycles. The highest BCUT2D eigenvalue weighted by atomic mass is 19.4. The van der Waals surface area contributed by atoms with Gasteiger partial charge in [0, 0.05) is 19.6 Å². The van der Waals surface area contributed by atoms with Gasteiger partial charge < -0.3 is 9.47 Å². The summed E-state index contributed by atoms with van der Waals surface area (Å²) in [5.41, 5.74) is 0. The summed E-state index contributed by atoms with van der Waals surface area (Å²) in [4.78, 5) is 0. The second kappa shape index (κ2) is 7.04. The Morgan fingerprint density at radius 2 is 1.48 bits per heavy atom. The molecule has 0 aliphatic carbocycles. The fourth-order valence-corrected chi connectivity index (χ4v) is 1.95. The standard InChI is InChI=1S/C12H15F9O2/c13-9(14,10(15,16)11(17,18)12(19,20)21)4-7-22-6-3-8-2-1-5-23-8/h8H,1-7H2. The number of hydrogen-bond donors (Lipinski definition) is 0. The van der Waals surface area contributed by atoms with E-state index in [1.54, 1.807) is 0 Å². The Morgan fingerprint density at radius 3 is 1.96 bits per heavy atom. The summed E-state index contributed by atoms with van der Waals surface area (Å²) < 4.78 is 123. The van der Waals surface area contributed by atoms with Gasteiger partial charge in [-0.25, -0.2) is 0 Å². The number of ether oxygens (including phenoxy) is 2. The van der Waals surface area contributed by atoms with Gasteiger partial charge in [0.1, 0.15) is 0 Å². The maximum atomic E-state index is 13.1. The van der Waals surface area contributed by atoms with Crippen LogP contribution in [-0.4, -0.2) is 49.9 Å². The third-order valence-electron chi connectivity index (χ3n) is 3.38. The molecule has 2 nitrogen and oxygen atoms in total. The Hall–Kier alpha value is -0.710. The van der Waals surface area contributed by atoms with Crippen LogP contribution in [0.3, 0.4) is 0 Å². The maximum absolute atomic E-state index is 13.1. The van der Waals surface area contributed by atoms with E-state index in [-0.39, 0.29) is 12.7 Å². The van der Waals surface area contributed by atoms with E-state index in [9.17, 15) is 39.5 Å². The summed E-state index contributed by atoms with van der Waals surface area (Å²) in [5.74, 6) is -19.0. The third kappa shape index (κ3) is 4.43. The van der Waals surface area contributed by atoms with Gasteiger partial charge in [0.15, 0.2) is 0 Å². The molecule has 11 heteroatoms. The van der Waals surface area contributed by atoms with Crippen LogP contribution in [0.2, 0.25) is 0 Å². The van der Waals surface area contributed by atoms with E-state index in [2.05, 4.69) is 4.74 Å². The average molecular weight is 362 g/mol. The third-order valence-corrected chi connectivity index (χ3v) is 3.38. The Bertz CT molecular complexity index is 375. The van der Waals surface area contributed by atoms with Crippen molar-refractivity contribution < 1.29 is 49.0 Å². The number of hydrogen-bond acceptors (Lipinski definition) is 2. The largest absolute Gasteiger partial charge is 0.460 e. The van der Waals surface area contributed by atoms with Crippen molar-refractivity contribution in [3.8, 4) is 0 Å². The fourth-order valence-electron chi connectivity index (χ4n) is 1.95. The summed E-state index contributed by atoms with van der Waals surface area (Å²) in [6.45, 7) is -0.702. The van der Waals surface area contributed by atoms with Gasteiger partial charge in [-0.3, -0.25) is 0 Å². The van der Waals surface area contributed by atoms with E-state index in [0.717, 1.165) is 12.8 Å². The lowest BCUT2D eigenvalue weighted by molar-refractivity contribution is -0.397. The molecule has 1 aliphatic rings. The molecule has 1 fully saturated rings. The quantitative estimate of drug-likeness (QED) is 0.470. The molecule has 1 aliphatic heterocycles. The molecule has 0 radical (unpaired) electrons. The van der Waals surface area contributed by atoms with E-state index in [0.29, 0.717) is 13.0 Å². The molecule has 0 saturated carbocycles. The van der Waals surface area contributed by atoms with Crippen molar-refractivity contribution in [2.45, 2.75) is 55.7 Å². The first-order chi connectivity index (χ1) is 10.3. The smallest absolute Gasteiger partial charge is 0.381 e. The first kappa shape index (κ1) is 20.3. The van der Waals surface area contributed by atoms with Gasteiger partial charge >= 0.3 is 23.9 Å². The number of alkyl halides is 9. The highest BCUT2D eigenvalue weighted by molar-refractivity contribution is 5.00. The normalized spacial score (nSPS) is 21.0. The molecule has 1 rings (SSSR count). The van der Waals surface area contributed by atoms with Crippen LogP contribution in [0.5, 0.6) is 0 Å². The highest BCUT2D eigenvalue weighted by Gasteiger charge is 2.81. The first-order valence-corrected chi connectivity index (χ1v) is 6.72. The number of rotatable bonds is 8. The van der Waals surface area contributed by atoms with Crippen molar-refractivity contribution in [3.63, 3.8) is 0 Å².